The van der Waals surface area contributed by atoms with E-state index in [1.165, 1.54) is 0 Å². The summed E-state index contributed by atoms with van der Waals surface area (Å²) in [6, 6.07) is 7.09. The van der Waals surface area contributed by atoms with Crippen LogP contribution in [-0.4, -0.2) is 22.0 Å². The number of benzene rings is 1. The van der Waals surface area contributed by atoms with Gasteiger partial charge in [-0.2, -0.15) is 0 Å². The minimum Gasteiger partial charge on any atom is -0.481 e. The number of nitrogens with two attached hydrogens (primary N) is 1. The van der Waals surface area contributed by atoms with Crippen molar-refractivity contribution >= 4 is 34.0 Å². The molecule has 0 atom stereocenters. The van der Waals surface area contributed by atoms with E-state index < -0.39 is 5.97 Å². The highest BCUT2D eigenvalue weighted by Crippen LogP contribution is 2.21. The molecule has 0 aliphatic heterocycles. The summed E-state index contributed by atoms with van der Waals surface area (Å²) in [4.78, 5) is 27.1. The molecule has 0 aliphatic carbocycles. The molecule has 21 heavy (non-hydrogen) atoms. The minimum absolute atomic E-state index is 0.0883. The number of carbonyl (C=O) groups is 2. The smallest absolute Gasteiger partial charge is 0.303 e. The molecule has 0 saturated carbocycles. The highest BCUT2D eigenvalue weighted by atomic mass is 32.1. The standard InChI is InChI=1S/C14H15N3O3S/c1-8-12(21-14(15)16-8)13(20)17-10-5-2-9(3-6-10)4-7-11(18)19/h2-3,5-6H,4,7H2,1H3,(H2,15,16)(H,17,20)(H,18,19). The molecule has 0 radical (unpaired) electrons. The zero-order valence-electron chi connectivity index (χ0n) is 11.4. The third kappa shape index (κ3) is 4.03. The lowest BCUT2D eigenvalue weighted by Crippen LogP contribution is -2.11. The van der Waals surface area contributed by atoms with Gasteiger partial charge in [0.05, 0.1) is 5.69 Å². The molecule has 110 valence electrons. The van der Waals surface area contributed by atoms with E-state index in [2.05, 4.69) is 10.3 Å². The van der Waals surface area contributed by atoms with Crippen LogP contribution in [-0.2, 0) is 11.2 Å². The Morgan fingerprint density at radius 1 is 1.33 bits per heavy atom. The molecule has 0 saturated heterocycles. The summed E-state index contributed by atoms with van der Waals surface area (Å²) in [5.41, 5.74) is 7.73. The Labute approximate surface area is 125 Å². The molecule has 1 heterocycles. The van der Waals surface area contributed by atoms with E-state index in [0.717, 1.165) is 16.9 Å². The fourth-order valence-corrected chi connectivity index (χ4v) is 2.55. The van der Waals surface area contributed by atoms with Crippen molar-refractivity contribution in [3.63, 3.8) is 0 Å². The van der Waals surface area contributed by atoms with E-state index in [1.807, 2.05) is 0 Å². The lowest BCUT2D eigenvalue weighted by Gasteiger charge is -2.05. The average Bonchev–Trinajstić information content (AvgIpc) is 2.77. The summed E-state index contributed by atoms with van der Waals surface area (Å²) in [7, 11) is 0. The van der Waals surface area contributed by atoms with E-state index in [9.17, 15) is 9.59 Å². The lowest BCUT2D eigenvalue weighted by atomic mass is 10.1. The molecule has 0 unspecified atom stereocenters. The van der Waals surface area contributed by atoms with Crippen molar-refractivity contribution in [1.82, 2.24) is 4.98 Å². The highest BCUT2D eigenvalue weighted by molar-refractivity contribution is 7.17. The van der Waals surface area contributed by atoms with Crippen molar-refractivity contribution < 1.29 is 14.7 Å². The first kappa shape index (κ1) is 15.0. The molecule has 2 rings (SSSR count). The molecule has 0 fully saturated rings. The van der Waals surface area contributed by atoms with Gasteiger partial charge in [-0.3, -0.25) is 9.59 Å². The number of hydrogen-bond donors (Lipinski definition) is 3. The third-order valence-electron chi connectivity index (χ3n) is 2.86. The number of carboxylic acid groups (broad SMARTS) is 1. The van der Waals surface area contributed by atoms with Crippen molar-refractivity contribution in [2.45, 2.75) is 19.8 Å². The maximum Gasteiger partial charge on any atom is 0.303 e. The molecule has 2 aromatic rings. The normalized spacial score (nSPS) is 10.3. The second-order valence-corrected chi connectivity index (χ2v) is 5.54. The monoisotopic (exact) mass is 305 g/mol. The van der Waals surface area contributed by atoms with E-state index in [0.29, 0.717) is 27.8 Å². The topological polar surface area (TPSA) is 105 Å². The van der Waals surface area contributed by atoms with Crippen molar-refractivity contribution in [3.05, 3.63) is 40.4 Å². The molecule has 1 aromatic carbocycles. The molecule has 7 heteroatoms. The molecule has 6 nitrogen and oxygen atoms in total. The van der Waals surface area contributed by atoms with Crippen LogP contribution in [0.4, 0.5) is 10.8 Å². The Kier molecular flexibility index (Phi) is 4.54. The number of carbonyl (C=O) groups excluding carboxylic acids is 1. The second kappa shape index (κ2) is 6.36. The van der Waals surface area contributed by atoms with E-state index in [-0.39, 0.29) is 12.3 Å². The number of aliphatic carboxylic acids is 1. The predicted molar refractivity (Wildman–Crippen MR) is 81.6 cm³/mol. The van der Waals surface area contributed by atoms with Crippen LogP contribution in [0.25, 0.3) is 0 Å². The summed E-state index contributed by atoms with van der Waals surface area (Å²) in [5.74, 6) is -1.08. The van der Waals surface area contributed by atoms with Gasteiger partial charge in [0.2, 0.25) is 0 Å². The SMILES string of the molecule is Cc1nc(N)sc1C(=O)Nc1ccc(CCC(=O)O)cc1. The Morgan fingerprint density at radius 2 is 2.00 bits per heavy atom. The third-order valence-corrected chi connectivity index (χ3v) is 3.84. The van der Waals surface area contributed by atoms with Gasteiger partial charge in [0.25, 0.3) is 5.91 Å². The van der Waals surface area contributed by atoms with Gasteiger partial charge in [-0.15, -0.1) is 0 Å². The Balaban J connectivity index is 2.01. The van der Waals surface area contributed by atoms with Gasteiger partial charge in [-0.25, -0.2) is 4.98 Å². The van der Waals surface area contributed by atoms with Crippen LogP contribution < -0.4 is 11.1 Å². The fraction of sp³-hybridized carbons (Fsp3) is 0.214. The van der Waals surface area contributed by atoms with Crippen LogP contribution in [0.3, 0.4) is 0 Å². The van der Waals surface area contributed by atoms with E-state index in [1.54, 1.807) is 31.2 Å². The van der Waals surface area contributed by atoms with E-state index >= 15 is 0 Å². The molecule has 4 N–H and O–H groups in total. The Bertz CT molecular complexity index is 665. The van der Waals surface area contributed by atoms with Gasteiger partial charge < -0.3 is 16.2 Å². The van der Waals surface area contributed by atoms with Crippen LogP contribution in [0.5, 0.6) is 0 Å². The number of aryl methyl sites for hydroxylation is 2. The summed E-state index contributed by atoms with van der Waals surface area (Å²) in [6.07, 6.45) is 0.555. The minimum atomic E-state index is -0.828. The van der Waals surface area contributed by atoms with Gasteiger partial charge in [0, 0.05) is 12.1 Å². The molecule has 0 bridgehead atoms. The number of carboxylic acids is 1. The number of nitrogen functional groups attached to an aromatic ring is 1. The second-order valence-electron chi connectivity index (χ2n) is 4.51. The maximum absolute atomic E-state index is 12.1. The Morgan fingerprint density at radius 3 is 2.52 bits per heavy atom. The number of thiazole rings is 1. The van der Waals surface area contributed by atoms with Crippen molar-refractivity contribution in [2.75, 3.05) is 11.1 Å². The molecule has 1 amide bonds. The number of anilines is 2. The molecule has 0 aliphatic rings. The summed E-state index contributed by atoms with van der Waals surface area (Å²) in [5, 5.41) is 11.8. The van der Waals surface area contributed by atoms with Gasteiger partial charge in [-0.05, 0) is 31.0 Å². The number of aromatic nitrogens is 1. The maximum atomic E-state index is 12.1. The first-order chi connectivity index (χ1) is 9.95. The number of rotatable bonds is 5. The van der Waals surface area contributed by atoms with E-state index in [4.69, 9.17) is 10.8 Å². The van der Waals surface area contributed by atoms with Crippen LogP contribution in [0.1, 0.15) is 27.3 Å². The fourth-order valence-electron chi connectivity index (χ4n) is 1.82. The number of nitrogens with one attached hydrogen (secondary N) is 1. The molecular weight excluding hydrogens is 290 g/mol. The number of hydrogen-bond acceptors (Lipinski definition) is 5. The molecule has 0 spiro atoms. The average molecular weight is 305 g/mol. The summed E-state index contributed by atoms with van der Waals surface area (Å²) >= 11 is 1.15. The summed E-state index contributed by atoms with van der Waals surface area (Å²) < 4.78 is 0. The van der Waals surface area contributed by atoms with Crippen molar-refractivity contribution in [3.8, 4) is 0 Å². The van der Waals surface area contributed by atoms with Gasteiger partial charge in [0.15, 0.2) is 5.13 Å². The van der Waals surface area contributed by atoms with Crippen LogP contribution in [0, 0.1) is 6.92 Å². The van der Waals surface area contributed by atoms with Gasteiger partial charge in [0.1, 0.15) is 4.88 Å². The van der Waals surface area contributed by atoms with Crippen LogP contribution in [0.15, 0.2) is 24.3 Å². The highest BCUT2D eigenvalue weighted by Gasteiger charge is 2.14. The largest absolute Gasteiger partial charge is 0.481 e. The van der Waals surface area contributed by atoms with Crippen molar-refractivity contribution in [2.24, 2.45) is 0 Å². The number of nitrogens with zero attached hydrogens (tertiary/aromatic N) is 1. The quantitative estimate of drug-likeness (QED) is 0.786. The summed E-state index contributed by atoms with van der Waals surface area (Å²) in [6.45, 7) is 1.73. The number of amides is 1. The zero-order valence-corrected chi connectivity index (χ0v) is 12.2. The van der Waals surface area contributed by atoms with Crippen LogP contribution in [0.2, 0.25) is 0 Å². The predicted octanol–water partition coefficient (Wildman–Crippen LogP) is 2.30. The molecule has 1 aromatic heterocycles. The van der Waals surface area contributed by atoms with Crippen LogP contribution >= 0.6 is 11.3 Å². The molecular formula is C14H15N3O3S. The first-order valence-electron chi connectivity index (χ1n) is 6.30. The Hall–Kier alpha value is -2.41. The van der Waals surface area contributed by atoms with Crippen molar-refractivity contribution in [1.29, 1.82) is 0 Å². The van der Waals surface area contributed by atoms with Gasteiger partial charge >= 0.3 is 5.97 Å². The zero-order chi connectivity index (χ0) is 15.4. The lowest BCUT2D eigenvalue weighted by molar-refractivity contribution is -0.136. The van der Waals surface area contributed by atoms with Gasteiger partial charge in [-0.1, -0.05) is 23.5 Å². The first-order valence-corrected chi connectivity index (χ1v) is 7.12.